The van der Waals surface area contributed by atoms with Gasteiger partial charge in [0.15, 0.2) is 0 Å². The lowest BCUT2D eigenvalue weighted by molar-refractivity contribution is -0.146. The van der Waals surface area contributed by atoms with E-state index in [2.05, 4.69) is 31.2 Å². The molecule has 13 heteroatoms. The van der Waals surface area contributed by atoms with Crippen LogP contribution in [0.4, 0.5) is 0 Å². The van der Waals surface area contributed by atoms with Gasteiger partial charge in [0, 0.05) is 25.0 Å². The molecule has 4 aliphatic rings. The van der Waals surface area contributed by atoms with Crippen LogP contribution >= 0.6 is 0 Å². The molecule has 1 saturated heterocycles. The van der Waals surface area contributed by atoms with Crippen molar-refractivity contribution < 1.29 is 28.8 Å². The molecule has 268 valence electrons. The quantitative estimate of drug-likeness (QED) is 0.230. The molecular formula is C36H53N7O6. The van der Waals surface area contributed by atoms with Crippen molar-refractivity contribution in [2.45, 2.75) is 135 Å². The summed E-state index contributed by atoms with van der Waals surface area (Å²) in [5, 5.41) is 11.5. The summed E-state index contributed by atoms with van der Waals surface area (Å²) in [6, 6.07) is -3.68. The number of hydrogen-bond acceptors (Lipinski definition) is 8. The summed E-state index contributed by atoms with van der Waals surface area (Å²) in [6.07, 6.45) is 13.9. The SMILES string of the molecule is CCC[C@@H](NC(=O)[C@@H]1[C@H]2CCC[C@H]2CN1C(=O)C(NC(=O)[C@@H](NC(=O)c1cnccn1)C1CCCCC1)C(C)(C)C)C(=O)C(=O)NC1CC1. The third kappa shape index (κ3) is 8.83. The van der Waals surface area contributed by atoms with Crippen LogP contribution in [-0.4, -0.2) is 86.9 Å². The van der Waals surface area contributed by atoms with E-state index in [0.29, 0.717) is 19.4 Å². The summed E-state index contributed by atoms with van der Waals surface area (Å²) in [7, 11) is 0. The Balaban J connectivity index is 1.36. The number of aromatic nitrogens is 2. The molecule has 1 aliphatic heterocycles. The van der Waals surface area contributed by atoms with Crippen molar-refractivity contribution >= 4 is 35.3 Å². The molecule has 1 unspecified atom stereocenters. The number of nitrogens with one attached hydrogen (secondary N) is 4. The maximum atomic E-state index is 14.6. The van der Waals surface area contributed by atoms with Gasteiger partial charge in [0.1, 0.15) is 23.8 Å². The minimum absolute atomic E-state index is 0.0132. The second-order valence-corrected chi connectivity index (χ2v) is 15.5. The van der Waals surface area contributed by atoms with E-state index in [0.717, 1.165) is 64.2 Å². The van der Waals surface area contributed by atoms with Crippen molar-refractivity contribution in [3.8, 4) is 0 Å². The first-order valence-electron chi connectivity index (χ1n) is 18.2. The lowest BCUT2D eigenvalue weighted by atomic mass is 9.82. The van der Waals surface area contributed by atoms with Crippen LogP contribution in [0.5, 0.6) is 0 Å². The van der Waals surface area contributed by atoms with Crippen LogP contribution < -0.4 is 21.3 Å². The topological polar surface area (TPSA) is 180 Å². The predicted molar refractivity (Wildman–Crippen MR) is 181 cm³/mol. The van der Waals surface area contributed by atoms with Crippen LogP contribution in [0, 0.1) is 23.2 Å². The van der Waals surface area contributed by atoms with Crippen LogP contribution in [0.1, 0.15) is 115 Å². The van der Waals surface area contributed by atoms with Crippen LogP contribution in [0.25, 0.3) is 0 Å². The largest absolute Gasteiger partial charge is 0.347 e. The average molecular weight is 680 g/mol. The van der Waals surface area contributed by atoms with Gasteiger partial charge in [-0.3, -0.25) is 33.8 Å². The Morgan fingerprint density at radius 1 is 0.898 bits per heavy atom. The number of likely N-dealkylation sites (tertiary alicyclic amines) is 1. The minimum Gasteiger partial charge on any atom is -0.347 e. The Morgan fingerprint density at radius 3 is 2.27 bits per heavy atom. The summed E-state index contributed by atoms with van der Waals surface area (Å²) >= 11 is 0. The highest BCUT2D eigenvalue weighted by atomic mass is 16.2. The molecule has 2 heterocycles. The van der Waals surface area contributed by atoms with E-state index in [1.165, 1.54) is 18.6 Å². The van der Waals surface area contributed by atoms with Crippen molar-refractivity contribution in [2.24, 2.45) is 23.2 Å². The molecule has 3 saturated carbocycles. The summed E-state index contributed by atoms with van der Waals surface area (Å²) in [5.74, 6) is -3.20. The van der Waals surface area contributed by atoms with E-state index in [4.69, 9.17) is 0 Å². The van der Waals surface area contributed by atoms with Crippen molar-refractivity contribution in [1.29, 1.82) is 0 Å². The zero-order valence-corrected chi connectivity index (χ0v) is 29.3. The van der Waals surface area contributed by atoms with E-state index in [1.807, 2.05) is 27.7 Å². The van der Waals surface area contributed by atoms with Crippen LogP contribution in [-0.2, 0) is 24.0 Å². The number of carbonyl (C=O) groups excluding carboxylic acids is 6. The number of hydrogen-bond donors (Lipinski definition) is 4. The standard InChI is InChI=1S/C36H53N7O6/c1-5-10-25(29(44)34(48)39-23-15-16-23)40-33(47)28-24-14-9-13-22(24)20-43(28)35(49)30(36(2,3)4)42-32(46)27(21-11-7-6-8-12-21)41-31(45)26-19-37-17-18-38-26/h17-19,21-25,27-28,30H,5-16,20H2,1-4H3,(H,39,48)(H,40,47)(H,41,45)(H,42,46)/t22-,24-,25+,27-,28-,30?/m0/s1. The van der Waals surface area contributed by atoms with Gasteiger partial charge in [-0.1, -0.05) is 59.8 Å². The average Bonchev–Trinajstić information content (AvgIpc) is 3.65. The molecule has 49 heavy (non-hydrogen) atoms. The predicted octanol–water partition coefficient (Wildman–Crippen LogP) is 2.45. The van der Waals surface area contributed by atoms with Gasteiger partial charge in [0.2, 0.25) is 23.5 Å². The number of ketones is 1. The van der Waals surface area contributed by atoms with Gasteiger partial charge in [-0.25, -0.2) is 4.98 Å². The highest BCUT2D eigenvalue weighted by Crippen LogP contribution is 2.43. The number of rotatable bonds is 13. The van der Waals surface area contributed by atoms with Gasteiger partial charge in [-0.15, -0.1) is 0 Å². The molecule has 0 spiro atoms. The molecule has 5 rings (SSSR count). The molecule has 4 N–H and O–H groups in total. The van der Waals surface area contributed by atoms with E-state index in [1.54, 1.807) is 4.90 Å². The summed E-state index contributed by atoms with van der Waals surface area (Å²) < 4.78 is 0. The highest BCUT2D eigenvalue weighted by Gasteiger charge is 2.52. The van der Waals surface area contributed by atoms with Gasteiger partial charge >= 0.3 is 0 Å². The van der Waals surface area contributed by atoms with Gasteiger partial charge in [0.25, 0.3) is 11.8 Å². The Kier molecular flexibility index (Phi) is 11.7. The molecule has 0 radical (unpaired) electrons. The molecule has 6 atom stereocenters. The number of nitrogens with zero attached hydrogens (tertiary/aromatic N) is 3. The molecule has 3 aliphatic carbocycles. The van der Waals surface area contributed by atoms with E-state index < -0.39 is 59.0 Å². The van der Waals surface area contributed by atoms with Crippen molar-refractivity contribution in [1.82, 2.24) is 36.1 Å². The monoisotopic (exact) mass is 679 g/mol. The Morgan fingerprint density at radius 2 is 1.63 bits per heavy atom. The second kappa shape index (κ2) is 15.8. The first-order chi connectivity index (χ1) is 23.4. The fourth-order valence-corrected chi connectivity index (χ4v) is 7.87. The van der Waals surface area contributed by atoms with Crippen molar-refractivity contribution in [3.63, 3.8) is 0 Å². The maximum Gasteiger partial charge on any atom is 0.289 e. The fourth-order valence-electron chi connectivity index (χ4n) is 7.87. The Labute approximate surface area is 288 Å². The van der Waals surface area contributed by atoms with E-state index >= 15 is 0 Å². The number of amides is 5. The Bertz CT molecular complexity index is 1390. The maximum absolute atomic E-state index is 14.6. The summed E-state index contributed by atoms with van der Waals surface area (Å²) in [5.41, 5.74) is -0.638. The fraction of sp³-hybridized carbons (Fsp3) is 0.722. The van der Waals surface area contributed by atoms with E-state index in [-0.39, 0.29) is 35.4 Å². The highest BCUT2D eigenvalue weighted by molar-refractivity contribution is 6.38. The molecule has 13 nitrogen and oxygen atoms in total. The lowest BCUT2D eigenvalue weighted by Crippen LogP contribution is -2.62. The third-order valence-electron chi connectivity index (χ3n) is 10.7. The van der Waals surface area contributed by atoms with Gasteiger partial charge in [-0.05, 0) is 68.1 Å². The molecule has 4 fully saturated rings. The minimum atomic E-state index is -0.994. The van der Waals surface area contributed by atoms with Gasteiger partial charge in [-0.2, -0.15) is 0 Å². The molecule has 5 amide bonds. The van der Waals surface area contributed by atoms with Gasteiger partial charge in [0.05, 0.1) is 12.2 Å². The number of carbonyl (C=O) groups is 6. The first-order valence-corrected chi connectivity index (χ1v) is 18.2. The van der Waals surface area contributed by atoms with E-state index in [9.17, 15) is 28.8 Å². The zero-order chi connectivity index (χ0) is 35.3. The zero-order valence-electron chi connectivity index (χ0n) is 29.3. The Hall–Kier alpha value is -3.90. The molecular weight excluding hydrogens is 626 g/mol. The van der Waals surface area contributed by atoms with Crippen LogP contribution in [0.2, 0.25) is 0 Å². The number of fused-ring (bicyclic) bond motifs is 1. The van der Waals surface area contributed by atoms with Crippen LogP contribution in [0.15, 0.2) is 18.6 Å². The summed E-state index contributed by atoms with van der Waals surface area (Å²) in [4.78, 5) is 91.4. The van der Waals surface area contributed by atoms with Crippen molar-refractivity contribution in [2.75, 3.05) is 6.54 Å². The number of Topliss-reactive ketones (excluding diaryl/α,β-unsaturated/α-hetero) is 1. The normalized spacial score (nSPS) is 24.2. The van der Waals surface area contributed by atoms with Crippen LogP contribution in [0.3, 0.4) is 0 Å². The molecule has 0 bridgehead atoms. The van der Waals surface area contributed by atoms with Gasteiger partial charge < -0.3 is 26.2 Å². The molecule has 0 aromatic carbocycles. The smallest absolute Gasteiger partial charge is 0.289 e. The first kappa shape index (κ1) is 36.4. The molecule has 1 aromatic heterocycles. The summed E-state index contributed by atoms with van der Waals surface area (Å²) in [6.45, 7) is 7.85. The molecule has 1 aromatic rings. The second-order valence-electron chi connectivity index (χ2n) is 15.5. The van der Waals surface area contributed by atoms with Crippen molar-refractivity contribution in [3.05, 3.63) is 24.3 Å². The lowest BCUT2D eigenvalue weighted by Gasteiger charge is -2.38. The third-order valence-corrected chi connectivity index (χ3v) is 10.7.